The van der Waals surface area contributed by atoms with E-state index < -0.39 is 5.97 Å². The van der Waals surface area contributed by atoms with E-state index >= 15 is 0 Å². The Kier molecular flexibility index (Phi) is 6.72. The van der Waals surface area contributed by atoms with Crippen LogP contribution >= 0.6 is 11.6 Å². The van der Waals surface area contributed by atoms with E-state index in [1.54, 1.807) is 49.5 Å². The van der Waals surface area contributed by atoms with E-state index in [9.17, 15) is 9.59 Å². The monoisotopic (exact) mass is 416 g/mol. The quantitative estimate of drug-likeness (QED) is 0.410. The Morgan fingerprint density at radius 1 is 1.14 bits per heavy atom. The van der Waals surface area contributed by atoms with Crippen molar-refractivity contribution in [1.82, 2.24) is 9.78 Å². The lowest BCUT2D eigenvalue weighted by Gasteiger charge is -2.15. The summed E-state index contributed by atoms with van der Waals surface area (Å²) in [6.07, 6.45) is 1.81. The normalized spacial score (nSPS) is 10.7. The van der Waals surface area contributed by atoms with Gasteiger partial charge in [-0.05, 0) is 37.3 Å². The van der Waals surface area contributed by atoms with Gasteiger partial charge in [0.1, 0.15) is 6.61 Å². The summed E-state index contributed by atoms with van der Waals surface area (Å²) < 4.78 is 18.0. The molecule has 0 atom stereocenters. The summed E-state index contributed by atoms with van der Waals surface area (Å²) in [7, 11) is 0. The highest BCUT2D eigenvalue weighted by Crippen LogP contribution is 2.37. The summed E-state index contributed by atoms with van der Waals surface area (Å²) >= 11 is 5.96. The van der Waals surface area contributed by atoms with Crippen LogP contribution in [0, 0.1) is 0 Å². The number of hydrogen-bond donors (Lipinski definition) is 0. The fraction of sp³-hybridized carbons (Fsp3) is 0.286. The van der Waals surface area contributed by atoms with Crippen LogP contribution in [0.3, 0.4) is 0 Å². The van der Waals surface area contributed by atoms with Crippen LogP contribution in [0.15, 0.2) is 47.4 Å². The number of benzene rings is 2. The molecule has 0 radical (unpaired) electrons. The van der Waals surface area contributed by atoms with Crippen molar-refractivity contribution in [2.45, 2.75) is 26.8 Å². The SMILES string of the molecule is CCOc1cccc(OCCn2ncc3cc(Cl)ccc3c2=O)c1OC(=O)CC. The molecule has 3 rings (SSSR count). The molecule has 0 unspecified atom stereocenters. The predicted molar refractivity (Wildman–Crippen MR) is 110 cm³/mol. The molecular formula is C21H21ClN2O5. The number of rotatable bonds is 8. The molecule has 0 N–H and O–H groups in total. The third-order valence-corrected chi connectivity index (χ3v) is 4.36. The number of halogens is 1. The van der Waals surface area contributed by atoms with Gasteiger partial charge in [0.15, 0.2) is 11.5 Å². The lowest BCUT2D eigenvalue weighted by molar-refractivity contribution is -0.134. The molecule has 1 heterocycles. The molecule has 29 heavy (non-hydrogen) atoms. The van der Waals surface area contributed by atoms with E-state index in [0.29, 0.717) is 33.9 Å². The fourth-order valence-electron chi connectivity index (χ4n) is 2.73. The zero-order valence-corrected chi connectivity index (χ0v) is 16.9. The van der Waals surface area contributed by atoms with Crippen molar-refractivity contribution >= 4 is 28.3 Å². The van der Waals surface area contributed by atoms with E-state index in [1.807, 2.05) is 6.92 Å². The van der Waals surface area contributed by atoms with Gasteiger partial charge in [0.05, 0.1) is 24.7 Å². The van der Waals surface area contributed by atoms with Crippen molar-refractivity contribution < 1.29 is 19.0 Å². The minimum atomic E-state index is -0.395. The Morgan fingerprint density at radius 2 is 1.90 bits per heavy atom. The number of fused-ring (bicyclic) bond motifs is 1. The number of hydrogen-bond acceptors (Lipinski definition) is 6. The van der Waals surface area contributed by atoms with Crippen LogP contribution in [0.5, 0.6) is 17.2 Å². The molecule has 0 fully saturated rings. The van der Waals surface area contributed by atoms with Gasteiger partial charge < -0.3 is 14.2 Å². The minimum absolute atomic E-state index is 0.151. The Hall–Kier alpha value is -3.06. The highest BCUT2D eigenvalue weighted by Gasteiger charge is 2.16. The molecule has 8 heteroatoms. The van der Waals surface area contributed by atoms with Gasteiger partial charge in [0, 0.05) is 16.8 Å². The molecule has 0 amide bonds. The van der Waals surface area contributed by atoms with E-state index in [-0.39, 0.29) is 30.9 Å². The molecular weight excluding hydrogens is 396 g/mol. The Labute approximate surface area is 172 Å². The molecule has 0 saturated heterocycles. The molecule has 0 aliphatic carbocycles. The molecule has 0 aliphatic heterocycles. The van der Waals surface area contributed by atoms with E-state index in [0.717, 1.165) is 0 Å². The topological polar surface area (TPSA) is 79.7 Å². The van der Waals surface area contributed by atoms with Crippen LogP contribution in [0.4, 0.5) is 0 Å². The van der Waals surface area contributed by atoms with Crippen LogP contribution in [-0.2, 0) is 11.3 Å². The van der Waals surface area contributed by atoms with Crippen molar-refractivity contribution in [3.8, 4) is 17.2 Å². The number of aromatic nitrogens is 2. The number of nitrogens with zero attached hydrogens (tertiary/aromatic N) is 2. The van der Waals surface area contributed by atoms with Crippen LogP contribution in [0.25, 0.3) is 10.8 Å². The molecule has 1 aromatic heterocycles. The Bertz CT molecular complexity index is 1080. The van der Waals surface area contributed by atoms with Gasteiger partial charge in [-0.2, -0.15) is 5.10 Å². The highest BCUT2D eigenvalue weighted by atomic mass is 35.5. The van der Waals surface area contributed by atoms with Crippen molar-refractivity contribution in [1.29, 1.82) is 0 Å². The molecule has 2 aromatic carbocycles. The average Bonchev–Trinajstić information content (AvgIpc) is 2.71. The lowest BCUT2D eigenvalue weighted by Crippen LogP contribution is -2.25. The summed E-state index contributed by atoms with van der Waals surface area (Å²) in [6.45, 7) is 4.33. The van der Waals surface area contributed by atoms with Crippen molar-refractivity contribution in [2.75, 3.05) is 13.2 Å². The second kappa shape index (κ2) is 9.43. The maximum absolute atomic E-state index is 12.6. The summed E-state index contributed by atoms with van der Waals surface area (Å²) in [5, 5.41) is 5.92. The van der Waals surface area contributed by atoms with Gasteiger partial charge >= 0.3 is 5.97 Å². The Morgan fingerprint density at radius 3 is 2.62 bits per heavy atom. The molecule has 7 nitrogen and oxygen atoms in total. The van der Waals surface area contributed by atoms with Crippen LogP contribution in [0.2, 0.25) is 5.02 Å². The number of ether oxygens (including phenoxy) is 3. The van der Waals surface area contributed by atoms with E-state index in [1.165, 1.54) is 4.68 Å². The molecule has 0 bridgehead atoms. The van der Waals surface area contributed by atoms with Crippen LogP contribution < -0.4 is 19.8 Å². The van der Waals surface area contributed by atoms with Gasteiger partial charge in [-0.15, -0.1) is 0 Å². The average molecular weight is 417 g/mol. The molecule has 0 saturated carbocycles. The molecule has 0 spiro atoms. The van der Waals surface area contributed by atoms with Gasteiger partial charge in [0.2, 0.25) is 5.75 Å². The first-order valence-electron chi connectivity index (χ1n) is 9.28. The number of carbonyl (C=O) groups is 1. The van der Waals surface area contributed by atoms with E-state index in [2.05, 4.69) is 5.10 Å². The van der Waals surface area contributed by atoms with Crippen molar-refractivity contribution in [3.63, 3.8) is 0 Å². The molecule has 3 aromatic rings. The maximum atomic E-state index is 12.6. The summed E-state index contributed by atoms with van der Waals surface area (Å²) in [5.74, 6) is 0.616. The van der Waals surface area contributed by atoms with Gasteiger partial charge in [-0.3, -0.25) is 9.59 Å². The first kappa shape index (κ1) is 20.7. The summed E-state index contributed by atoms with van der Waals surface area (Å²) in [5.41, 5.74) is -0.233. The third kappa shape index (κ3) is 4.86. The van der Waals surface area contributed by atoms with Crippen LogP contribution in [-0.4, -0.2) is 29.0 Å². The largest absolute Gasteiger partial charge is 0.490 e. The summed E-state index contributed by atoms with van der Waals surface area (Å²) in [6, 6.07) is 10.2. The number of esters is 1. The minimum Gasteiger partial charge on any atom is -0.490 e. The zero-order valence-electron chi connectivity index (χ0n) is 16.2. The second-order valence-corrected chi connectivity index (χ2v) is 6.53. The first-order valence-corrected chi connectivity index (χ1v) is 9.66. The van der Waals surface area contributed by atoms with Crippen LogP contribution in [0.1, 0.15) is 20.3 Å². The standard InChI is InChI=1S/C21H21ClN2O5/c1-3-19(25)29-20-17(27-4-2)6-5-7-18(20)28-11-10-24-21(26)16-9-8-15(22)12-14(16)13-23-24/h5-9,12-13H,3-4,10-11H2,1-2H3. The fourth-order valence-corrected chi connectivity index (χ4v) is 2.91. The Balaban J connectivity index is 1.78. The maximum Gasteiger partial charge on any atom is 0.311 e. The molecule has 152 valence electrons. The zero-order chi connectivity index (χ0) is 20.8. The first-order chi connectivity index (χ1) is 14.0. The smallest absolute Gasteiger partial charge is 0.311 e. The van der Waals surface area contributed by atoms with Gasteiger partial charge in [0.25, 0.3) is 5.56 Å². The van der Waals surface area contributed by atoms with Crippen molar-refractivity contribution in [2.24, 2.45) is 0 Å². The molecule has 0 aliphatic rings. The predicted octanol–water partition coefficient (Wildman–Crippen LogP) is 3.84. The van der Waals surface area contributed by atoms with E-state index in [4.69, 9.17) is 25.8 Å². The van der Waals surface area contributed by atoms with Crippen molar-refractivity contribution in [3.05, 3.63) is 58.0 Å². The van der Waals surface area contributed by atoms with Gasteiger partial charge in [-0.25, -0.2) is 4.68 Å². The van der Waals surface area contributed by atoms with Gasteiger partial charge in [-0.1, -0.05) is 24.6 Å². The summed E-state index contributed by atoms with van der Waals surface area (Å²) in [4.78, 5) is 24.4. The second-order valence-electron chi connectivity index (χ2n) is 6.10. The number of carbonyl (C=O) groups excluding carboxylic acids is 1. The number of para-hydroxylation sites is 1. The highest BCUT2D eigenvalue weighted by molar-refractivity contribution is 6.31. The third-order valence-electron chi connectivity index (χ3n) is 4.12. The lowest BCUT2D eigenvalue weighted by atomic mass is 10.2.